The number of H-pyrrole nitrogens is 1. The third kappa shape index (κ3) is 3.16. The van der Waals surface area contributed by atoms with E-state index < -0.39 is 11.7 Å². The molecule has 1 atom stereocenters. The molecular weight excluding hydrogens is 387 g/mol. The zero-order chi connectivity index (χ0) is 19.8. The molecule has 0 saturated carbocycles. The van der Waals surface area contributed by atoms with Crippen LogP contribution in [0.2, 0.25) is 5.02 Å². The summed E-state index contributed by atoms with van der Waals surface area (Å²) >= 11 is 6.07. The molecule has 144 valence electrons. The largest absolute Gasteiger partial charge is 0.495 e. The summed E-state index contributed by atoms with van der Waals surface area (Å²) < 4.78 is 19.3. The molecule has 0 unspecified atom stereocenters. The van der Waals surface area contributed by atoms with Crippen LogP contribution in [0.15, 0.2) is 36.4 Å². The Balaban J connectivity index is 1.53. The van der Waals surface area contributed by atoms with Crippen LogP contribution in [0.25, 0.3) is 10.9 Å². The molecule has 28 heavy (non-hydrogen) atoms. The predicted molar refractivity (Wildman–Crippen MR) is 103 cm³/mol. The van der Waals surface area contributed by atoms with Crippen LogP contribution in [0.1, 0.15) is 6.42 Å². The summed E-state index contributed by atoms with van der Waals surface area (Å²) in [7, 11) is 1.50. The number of halogens is 2. The molecule has 4 rings (SSSR count). The van der Waals surface area contributed by atoms with Gasteiger partial charge in [0, 0.05) is 18.7 Å². The Morgan fingerprint density at radius 1 is 1.39 bits per heavy atom. The van der Waals surface area contributed by atoms with Crippen LogP contribution >= 0.6 is 11.6 Å². The molecule has 2 amide bonds. The Morgan fingerprint density at radius 2 is 2.21 bits per heavy atom. The summed E-state index contributed by atoms with van der Waals surface area (Å²) in [6.07, 6.45) is 0.0124. The molecule has 1 aromatic heterocycles. The molecule has 1 fully saturated rings. The molecule has 0 bridgehead atoms. The highest BCUT2D eigenvalue weighted by atomic mass is 35.5. The second kappa shape index (κ2) is 7.12. The van der Waals surface area contributed by atoms with E-state index in [1.807, 2.05) is 0 Å². The van der Waals surface area contributed by atoms with Gasteiger partial charge in [0.1, 0.15) is 11.6 Å². The van der Waals surface area contributed by atoms with Gasteiger partial charge in [-0.3, -0.25) is 19.6 Å². The van der Waals surface area contributed by atoms with E-state index in [4.69, 9.17) is 16.3 Å². The van der Waals surface area contributed by atoms with Crippen molar-refractivity contribution < 1.29 is 18.7 Å². The fourth-order valence-electron chi connectivity index (χ4n) is 3.29. The first kappa shape index (κ1) is 18.2. The third-order valence-electron chi connectivity index (χ3n) is 4.69. The van der Waals surface area contributed by atoms with Crippen molar-refractivity contribution in [2.24, 2.45) is 5.92 Å². The van der Waals surface area contributed by atoms with E-state index in [1.54, 1.807) is 30.3 Å². The van der Waals surface area contributed by atoms with E-state index in [1.165, 1.54) is 18.1 Å². The lowest BCUT2D eigenvalue weighted by Crippen LogP contribution is -2.28. The topological polar surface area (TPSA) is 87.3 Å². The van der Waals surface area contributed by atoms with E-state index in [-0.39, 0.29) is 36.0 Å². The average Bonchev–Trinajstić information content (AvgIpc) is 3.26. The van der Waals surface area contributed by atoms with Crippen molar-refractivity contribution in [1.82, 2.24) is 10.2 Å². The van der Waals surface area contributed by atoms with Gasteiger partial charge in [-0.25, -0.2) is 4.39 Å². The van der Waals surface area contributed by atoms with Crippen LogP contribution in [0.3, 0.4) is 0 Å². The van der Waals surface area contributed by atoms with Crippen LogP contribution in [0.4, 0.5) is 15.9 Å². The number of hydrogen-bond donors (Lipinski definition) is 2. The monoisotopic (exact) mass is 402 g/mol. The maximum Gasteiger partial charge on any atom is 0.229 e. The normalized spacial score (nSPS) is 16.6. The van der Waals surface area contributed by atoms with Gasteiger partial charge in [-0.05, 0) is 30.3 Å². The smallest absolute Gasteiger partial charge is 0.229 e. The number of benzene rings is 2. The number of ether oxygens (including phenoxy) is 1. The number of nitrogens with zero attached hydrogens (tertiary/aromatic N) is 2. The quantitative estimate of drug-likeness (QED) is 0.700. The number of carbonyl (C=O) groups excluding carboxylic acids is 2. The lowest BCUT2D eigenvalue weighted by molar-refractivity contribution is -0.122. The van der Waals surface area contributed by atoms with Crippen molar-refractivity contribution in [1.29, 1.82) is 0 Å². The van der Waals surface area contributed by atoms with E-state index in [2.05, 4.69) is 15.5 Å². The molecule has 7 nitrogen and oxygen atoms in total. The molecule has 1 aliphatic heterocycles. The highest BCUT2D eigenvalue weighted by Crippen LogP contribution is 2.32. The van der Waals surface area contributed by atoms with Crippen molar-refractivity contribution in [2.75, 3.05) is 23.9 Å². The lowest BCUT2D eigenvalue weighted by atomic mass is 10.1. The fraction of sp³-hybridized carbons (Fsp3) is 0.211. The van der Waals surface area contributed by atoms with Gasteiger partial charge in [0.15, 0.2) is 5.82 Å². The van der Waals surface area contributed by atoms with Crippen molar-refractivity contribution in [3.63, 3.8) is 0 Å². The van der Waals surface area contributed by atoms with Gasteiger partial charge in [0.05, 0.1) is 29.0 Å². The first-order valence-electron chi connectivity index (χ1n) is 8.55. The minimum Gasteiger partial charge on any atom is -0.495 e. The standard InChI is InChI=1S/C19H16ClFN4O3/c1-28-15-6-5-11(8-12(15)20)22-19(27)10-7-16(26)25(9-10)18-17-13(21)3-2-4-14(17)23-24-18/h2-6,8,10H,7,9H2,1H3,(H,22,27)(H,23,24)/t10-/m1/s1. The molecular formula is C19H16ClFN4O3. The number of hydrogen-bond acceptors (Lipinski definition) is 4. The Labute approximate surface area is 164 Å². The van der Waals surface area contributed by atoms with Gasteiger partial charge in [-0.2, -0.15) is 5.10 Å². The molecule has 2 heterocycles. The second-order valence-corrected chi connectivity index (χ2v) is 6.86. The van der Waals surface area contributed by atoms with Crippen LogP contribution in [-0.2, 0) is 9.59 Å². The van der Waals surface area contributed by atoms with E-state index in [0.29, 0.717) is 22.0 Å². The predicted octanol–water partition coefficient (Wildman–Crippen LogP) is 3.36. The number of fused-ring (bicyclic) bond motifs is 1. The Kier molecular flexibility index (Phi) is 4.64. The minimum atomic E-state index is -0.591. The van der Waals surface area contributed by atoms with Crippen molar-refractivity contribution >= 4 is 45.8 Å². The van der Waals surface area contributed by atoms with E-state index in [9.17, 15) is 14.0 Å². The van der Waals surface area contributed by atoms with Crippen LogP contribution in [-0.4, -0.2) is 35.7 Å². The number of anilines is 2. The molecule has 0 spiro atoms. The number of rotatable bonds is 4. The zero-order valence-corrected chi connectivity index (χ0v) is 15.6. The van der Waals surface area contributed by atoms with Crippen molar-refractivity contribution in [3.05, 3.63) is 47.2 Å². The fourth-order valence-corrected chi connectivity index (χ4v) is 3.54. The minimum absolute atomic E-state index is 0.0124. The molecule has 1 saturated heterocycles. The molecule has 1 aliphatic rings. The summed E-state index contributed by atoms with van der Waals surface area (Å²) in [5, 5.41) is 10.1. The zero-order valence-electron chi connectivity index (χ0n) is 14.8. The van der Waals surface area contributed by atoms with Gasteiger partial charge < -0.3 is 10.1 Å². The number of methoxy groups -OCH3 is 1. The number of carbonyl (C=O) groups is 2. The van der Waals surface area contributed by atoms with E-state index >= 15 is 0 Å². The highest BCUT2D eigenvalue weighted by molar-refractivity contribution is 6.32. The molecule has 0 aliphatic carbocycles. The van der Waals surface area contributed by atoms with Gasteiger partial charge in [-0.1, -0.05) is 17.7 Å². The number of amides is 2. The van der Waals surface area contributed by atoms with Crippen molar-refractivity contribution in [3.8, 4) is 5.75 Å². The van der Waals surface area contributed by atoms with Crippen LogP contribution < -0.4 is 15.0 Å². The van der Waals surface area contributed by atoms with Crippen LogP contribution in [0.5, 0.6) is 5.75 Å². The molecule has 2 aromatic carbocycles. The highest BCUT2D eigenvalue weighted by Gasteiger charge is 2.37. The summed E-state index contributed by atoms with van der Waals surface area (Å²) in [4.78, 5) is 26.4. The van der Waals surface area contributed by atoms with Gasteiger partial charge >= 0.3 is 0 Å². The summed E-state index contributed by atoms with van der Waals surface area (Å²) in [5.41, 5.74) is 0.988. The Bertz CT molecular complexity index is 1080. The summed E-state index contributed by atoms with van der Waals surface area (Å²) in [6.45, 7) is 0.114. The molecule has 2 N–H and O–H groups in total. The first-order valence-corrected chi connectivity index (χ1v) is 8.93. The summed E-state index contributed by atoms with van der Waals surface area (Å²) in [6, 6.07) is 9.41. The molecule has 9 heteroatoms. The molecule has 3 aromatic rings. The van der Waals surface area contributed by atoms with E-state index in [0.717, 1.165) is 0 Å². The SMILES string of the molecule is COc1ccc(NC(=O)[C@@H]2CC(=O)N(c3n[nH]c4cccc(F)c34)C2)cc1Cl. The Morgan fingerprint density at radius 3 is 2.96 bits per heavy atom. The van der Waals surface area contributed by atoms with Crippen molar-refractivity contribution in [2.45, 2.75) is 6.42 Å². The first-order chi connectivity index (χ1) is 13.5. The van der Waals surface area contributed by atoms with Gasteiger partial charge in [0.25, 0.3) is 0 Å². The number of aromatic nitrogens is 2. The second-order valence-electron chi connectivity index (χ2n) is 6.45. The lowest BCUT2D eigenvalue weighted by Gasteiger charge is -2.15. The number of nitrogens with one attached hydrogen (secondary N) is 2. The maximum atomic E-state index is 14.2. The number of aromatic amines is 1. The molecule has 0 radical (unpaired) electrons. The van der Waals surface area contributed by atoms with Crippen LogP contribution in [0, 0.1) is 11.7 Å². The third-order valence-corrected chi connectivity index (χ3v) is 4.99. The Hall–Kier alpha value is -3.13. The maximum absolute atomic E-state index is 14.2. The van der Waals surface area contributed by atoms with Gasteiger partial charge in [-0.15, -0.1) is 0 Å². The van der Waals surface area contributed by atoms with Gasteiger partial charge in [0.2, 0.25) is 11.8 Å². The summed E-state index contributed by atoms with van der Waals surface area (Å²) in [5.74, 6) is -0.987. The average molecular weight is 403 g/mol.